The predicted octanol–water partition coefficient (Wildman–Crippen LogP) is 2.79. The molecule has 1 aliphatic carbocycles. The summed E-state index contributed by atoms with van der Waals surface area (Å²) in [6, 6.07) is 5.74. The van der Waals surface area contributed by atoms with Crippen molar-refractivity contribution < 1.29 is 9.53 Å². The predicted molar refractivity (Wildman–Crippen MR) is 106 cm³/mol. The van der Waals surface area contributed by atoms with Gasteiger partial charge in [0.05, 0.1) is 18.4 Å². The number of carbonyl (C=O) groups excluding carboxylic acids is 1. The molecule has 0 aliphatic heterocycles. The number of hydrogen-bond donors (Lipinski definition) is 1. The van der Waals surface area contributed by atoms with E-state index in [4.69, 9.17) is 10.5 Å². The second-order valence-electron chi connectivity index (χ2n) is 7.14. The summed E-state index contributed by atoms with van der Waals surface area (Å²) in [5, 5.41) is 4.34. The quantitative estimate of drug-likeness (QED) is 0.747. The van der Waals surface area contributed by atoms with Crippen molar-refractivity contribution in [2.45, 2.75) is 38.1 Å². The van der Waals surface area contributed by atoms with Gasteiger partial charge in [-0.2, -0.15) is 5.10 Å². The molecule has 0 aromatic carbocycles. The molecule has 1 fully saturated rings. The molecule has 0 unspecified atom stereocenters. The zero-order valence-corrected chi connectivity index (χ0v) is 16.1. The van der Waals surface area contributed by atoms with Crippen molar-refractivity contribution in [1.82, 2.24) is 24.5 Å². The summed E-state index contributed by atoms with van der Waals surface area (Å²) < 4.78 is 6.90. The van der Waals surface area contributed by atoms with Crippen molar-refractivity contribution in [2.24, 2.45) is 0 Å². The monoisotopic (exact) mass is 380 g/mol. The zero-order chi connectivity index (χ0) is 19.7. The maximum absolute atomic E-state index is 13.3. The first-order valence-electron chi connectivity index (χ1n) is 9.50. The minimum absolute atomic E-state index is 0.0572. The number of fused-ring (bicyclic) bond motifs is 1. The average Bonchev–Trinajstić information content (AvgIpc) is 3.14. The van der Waals surface area contributed by atoms with Gasteiger partial charge in [-0.15, -0.1) is 0 Å². The third-order valence-corrected chi connectivity index (χ3v) is 5.50. The largest absolute Gasteiger partial charge is 0.481 e. The Balaban J connectivity index is 1.81. The Kier molecular flexibility index (Phi) is 4.85. The fraction of sp³-hybridized carbons (Fsp3) is 0.400. The molecule has 4 rings (SSSR count). The molecule has 1 aliphatic rings. The normalized spacial score (nSPS) is 14.9. The van der Waals surface area contributed by atoms with Gasteiger partial charge in [-0.1, -0.05) is 19.3 Å². The van der Waals surface area contributed by atoms with Gasteiger partial charge in [-0.25, -0.2) is 14.5 Å². The molecule has 8 heteroatoms. The lowest BCUT2D eigenvalue weighted by atomic mass is 9.94. The highest BCUT2D eigenvalue weighted by Gasteiger charge is 2.27. The molecule has 0 saturated heterocycles. The van der Waals surface area contributed by atoms with E-state index in [1.165, 1.54) is 12.7 Å². The highest BCUT2D eigenvalue weighted by Crippen LogP contribution is 2.31. The van der Waals surface area contributed by atoms with Gasteiger partial charge in [0.2, 0.25) is 5.88 Å². The smallest absolute Gasteiger partial charge is 0.256 e. The van der Waals surface area contributed by atoms with Crippen LogP contribution in [0.5, 0.6) is 5.88 Å². The van der Waals surface area contributed by atoms with Crippen LogP contribution in [0.3, 0.4) is 0 Å². The number of methoxy groups -OCH3 is 1. The molecule has 0 atom stereocenters. The number of hydrogen-bond acceptors (Lipinski definition) is 6. The van der Waals surface area contributed by atoms with Crippen molar-refractivity contribution in [2.75, 3.05) is 19.9 Å². The molecule has 8 nitrogen and oxygen atoms in total. The van der Waals surface area contributed by atoms with Crippen molar-refractivity contribution >= 4 is 17.2 Å². The number of anilines is 1. The lowest BCUT2D eigenvalue weighted by Gasteiger charge is -2.31. The van der Waals surface area contributed by atoms with E-state index in [-0.39, 0.29) is 17.8 Å². The summed E-state index contributed by atoms with van der Waals surface area (Å²) in [7, 11) is 3.44. The first-order valence-corrected chi connectivity index (χ1v) is 9.50. The van der Waals surface area contributed by atoms with Gasteiger partial charge in [0.25, 0.3) is 5.91 Å². The van der Waals surface area contributed by atoms with Crippen LogP contribution in [0.2, 0.25) is 0 Å². The fourth-order valence-corrected chi connectivity index (χ4v) is 3.94. The van der Waals surface area contributed by atoms with Crippen LogP contribution in [0.1, 0.15) is 42.5 Å². The van der Waals surface area contributed by atoms with Gasteiger partial charge in [-0.05, 0) is 25.0 Å². The SMILES string of the molecule is COc1cc(-c2cc(C(=O)N(C)C3CCCCC3)c3c(N)ncnn23)ccn1. The first kappa shape index (κ1) is 18.2. The fourth-order valence-electron chi connectivity index (χ4n) is 3.94. The Bertz CT molecular complexity index is 1010. The van der Waals surface area contributed by atoms with Crippen LogP contribution in [0.4, 0.5) is 5.82 Å². The molecule has 3 aromatic rings. The second-order valence-corrected chi connectivity index (χ2v) is 7.14. The minimum atomic E-state index is -0.0572. The van der Waals surface area contributed by atoms with Gasteiger partial charge in [-0.3, -0.25) is 4.79 Å². The van der Waals surface area contributed by atoms with E-state index >= 15 is 0 Å². The highest BCUT2D eigenvalue weighted by molar-refractivity contribution is 6.05. The maximum Gasteiger partial charge on any atom is 0.256 e. The number of aromatic nitrogens is 4. The number of rotatable bonds is 4. The van der Waals surface area contributed by atoms with E-state index < -0.39 is 0 Å². The van der Waals surface area contributed by atoms with Crippen LogP contribution < -0.4 is 10.5 Å². The van der Waals surface area contributed by atoms with Crippen LogP contribution in [-0.2, 0) is 0 Å². The third-order valence-electron chi connectivity index (χ3n) is 5.50. The highest BCUT2D eigenvalue weighted by atomic mass is 16.5. The number of nitrogen functional groups attached to an aromatic ring is 1. The van der Waals surface area contributed by atoms with Crippen molar-refractivity contribution in [3.8, 4) is 17.1 Å². The Labute approximate surface area is 163 Å². The molecule has 0 bridgehead atoms. The molecule has 1 saturated carbocycles. The molecule has 0 spiro atoms. The summed E-state index contributed by atoms with van der Waals surface area (Å²) in [5.41, 5.74) is 8.75. The molecule has 146 valence electrons. The van der Waals surface area contributed by atoms with Gasteiger partial charge < -0.3 is 15.4 Å². The van der Waals surface area contributed by atoms with E-state index in [9.17, 15) is 4.79 Å². The van der Waals surface area contributed by atoms with E-state index in [2.05, 4.69) is 15.1 Å². The van der Waals surface area contributed by atoms with E-state index in [0.717, 1.165) is 36.9 Å². The molecule has 0 radical (unpaired) electrons. The summed E-state index contributed by atoms with van der Waals surface area (Å²) in [6.45, 7) is 0. The molecule has 28 heavy (non-hydrogen) atoms. The molecular weight excluding hydrogens is 356 g/mol. The molecular formula is C20H24N6O2. The van der Waals surface area contributed by atoms with Crippen molar-refractivity contribution in [1.29, 1.82) is 0 Å². The Morgan fingerprint density at radius 1 is 1.25 bits per heavy atom. The number of ether oxygens (including phenoxy) is 1. The van der Waals surface area contributed by atoms with Gasteiger partial charge >= 0.3 is 0 Å². The minimum Gasteiger partial charge on any atom is -0.481 e. The van der Waals surface area contributed by atoms with Crippen LogP contribution in [0, 0.1) is 0 Å². The van der Waals surface area contributed by atoms with Crippen molar-refractivity contribution in [3.63, 3.8) is 0 Å². The maximum atomic E-state index is 13.3. The summed E-state index contributed by atoms with van der Waals surface area (Å²) in [4.78, 5) is 23.4. The number of nitrogens with two attached hydrogens (primary N) is 1. The van der Waals surface area contributed by atoms with E-state index in [1.807, 2.05) is 24.1 Å². The third kappa shape index (κ3) is 3.15. The number of amides is 1. The summed E-state index contributed by atoms with van der Waals surface area (Å²) in [5.74, 6) is 0.711. The van der Waals surface area contributed by atoms with Gasteiger partial charge in [0, 0.05) is 30.9 Å². The Morgan fingerprint density at radius 2 is 2.04 bits per heavy atom. The van der Waals surface area contributed by atoms with E-state index in [1.54, 1.807) is 23.9 Å². The van der Waals surface area contributed by atoms with Crippen LogP contribution in [-0.4, -0.2) is 50.6 Å². The number of carbonyl (C=O) groups is 1. The average molecular weight is 380 g/mol. The lowest BCUT2D eigenvalue weighted by molar-refractivity contribution is 0.0698. The summed E-state index contributed by atoms with van der Waals surface area (Å²) >= 11 is 0. The molecule has 3 aromatic heterocycles. The van der Waals surface area contributed by atoms with Crippen LogP contribution >= 0.6 is 0 Å². The first-order chi connectivity index (χ1) is 13.6. The molecule has 2 N–H and O–H groups in total. The number of pyridine rings is 1. The Morgan fingerprint density at radius 3 is 2.79 bits per heavy atom. The summed E-state index contributed by atoms with van der Waals surface area (Å²) in [6.07, 6.45) is 8.68. The molecule has 1 amide bonds. The van der Waals surface area contributed by atoms with Gasteiger partial charge in [0.15, 0.2) is 5.82 Å². The van der Waals surface area contributed by atoms with Crippen LogP contribution in [0.25, 0.3) is 16.8 Å². The Hall–Kier alpha value is -3.16. The van der Waals surface area contributed by atoms with Crippen LogP contribution in [0.15, 0.2) is 30.7 Å². The van der Waals surface area contributed by atoms with Crippen molar-refractivity contribution in [3.05, 3.63) is 36.3 Å². The zero-order valence-electron chi connectivity index (χ0n) is 16.1. The standard InChI is InChI=1S/C20H24N6O2/c1-25(14-6-4-3-5-7-14)20(27)15-11-16(13-8-9-22-17(10-13)28-2)26-18(15)19(21)23-12-24-26/h8-12,14H,3-7H2,1-2H3,(H2,21,23,24). The number of nitrogens with zero attached hydrogens (tertiary/aromatic N) is 5. The topological polar surface area (TPSA) is 98.6 Å². The lowest BCUT2D eigenvalue weighted by Crippen LogP contribution is -2.38. The second kappa shape index (κ2) is 7.46. The van der Waals surface area contributed by atoms with Gasteiger partial charge in [0.1, 0.15) is 11.8 Å². The van der Waals surface area contributed by atoms with E-state index in [0.29, 0.717) is 17.0 Å². The molecule has 3 heterocycles.